The summed E-state index contributed by atoms with van der Waals surface area (Å²) in [5.74, 6) is 6.14. The van der Waals surface area contributed by atoms with Crippen molar-refractivity contribution < 1.29 is 4.74 Å². The van der Waals surface area contributed by atoms with E-state index < -0.39 is 0 Å². The van der Waals surface area contributed by atoms with Gasteiger partial charge in [0.1, 0.15) is 6.61 Å². The van der Waals surface area contributed by atoms with Crippen LogP contribution in [0.1, 0.15) is 12.5 Å². The van der Waals surface area contributed by atoms with Gasteiger partial charge in [0, 0.05) is 13.7 Å². The molecule has 1 atom stereocenters. The van der Waals surface area contributed by atoms with Crippen molar-refractivity contribution in [3.05, 3.63) is 35.9 Å². The minimum atomic E-state index is 0.246. The van der Waals surface area contributed by atoms with Crippen LogP contribution in [-0.4, -0.2) is 31.7 Å². The van der Waals surface area contributed by atoms with Crippen LogP contribution in [0, 0.1) is 11.8 Å². The lowest BCUT2D eigenvalue weighted by molar-refractivity contribution is 0.239. The number of methoxy groups -OCH3 is 1. The molecule has 2 heteroatoms. The number of ether oxygens (including phenoxy) is 1. The SMILES string of the molecule is COCC#C[C@H](C)N(C)Cc1ccccc1. The molecule has 16 heavy (non-hydrogen) atoms. The van der Waals surface area contributed by atoms with Gasteiger partial charge in [-0.05, 0) is 19.5 Å². The summed E-state index contributed by atoms with van der Waals surface area (Å²) in [4.78, 5) is 2.22. The van der Waals surface area contributed by atoms with Crippen LogP contribution in [0.15, 0.2) is 30.3 Å². The molecule has 86 valence electrons. The summed E-state index contributed by atoms with van der Waals surface area (Å²) in [6.07, 6.45) is 0. The van der Waals surface area contributed by atoms with Gasteiger partial charge in [0.25, 0.3) is 0 Å². The van der Waals surface area contributed by atoms with E-state index >= 15 is 0 Å². The monoisotopic (exact) mass is 217 g/mol. The standard InChI is InChI=1S/C14H19NO/c1-13(8-7-11-16-3)15(2)12-14-9-5-4-6-10-14/h4-6,9-10,13H,11-12H2,1-3H3/t13-/m0/s1. The fourth-order valence-electron chi connectivity index (χ4n) is 1.38. The molecule has 0 aliphatic rings. The zero-order valence-corrected chi connectivity index (χ0v) is 10.2. The number of hydrogen-bond acceptors (Lipinski definition) is 2. The van der Waals surface area contributed by atoms with Gasteiger partial charge in [-0.1, -0.05) is 42.2 Å². The highest BCUT2D eigenvalue weighted by Gasteiger charge is 2.05. The Morgan fingerprint density at radius 2 is 2.00 bits per heavy atom. The van der Waals surface area contributed by atoms with Gasteiger partial charge in [0.2, 0.25) is 0 Å². The van der Waals surface area contributed by atoms with Gasteiger partial charge in [0.05, 0.1) is 6.04 Å². The van der Waals surface area contributed by atoms with E-state index in [0.29, 0.717) is 6.61 Å². The summed E-state index contributed by atoms with van der Waals surface area (Å²) >= 11 is 0. The number of hydrogen-bond donors (Lipinski definition) is 0. The first-order valence-corrected chi connectivity index (χ1v) is 5.45. The van der Waals surface area contributed by atoms with Crippen molar-refractivity contribution in [1.82, 2.24) is 4.90 Å². The average molecular weight is 217 g/mol. The Balaban J connectivity index is 2.47. The number of rotatable bonds is 4. The third kappa shape index (κ3) is 4.48. The van der Waals surface area contributed by atoms with Crippen molar-refractivity contribution in [2.75, 3.05) is 20.8 Å². The largest absolute Gasteiger partial charge is 0.372 e. The predicted octanol–water partition coefficient (Wildman–Crippen LogP) is 2.16. The minimum absolute atomic E-state index is 0.246. The Labute approximate surface area is 98.2 Å². The molecule has 0 radical (unpaired) electrons. The molecule has 0 unspecified atom stereocenters. The van der Waals surface area contributed by atoms with E-state index in [1.54, 1.807) is 7.11 Å². The highest BCUT2D eigenvalue weighted by molar-refractivity contribution is 5.15. The predicted molar refractivity (Wildman–Crippen MR) is 67.0 cm³/mol. The van der Waals surface area contributed by atoms with Gasteiger partial charge >= 0.3 is 0 Å². The maximum atomic E-state index is 4.90. The third-order valence-electron chi connectivity index (χ3n) is 2.46. The molecule has 0 aromatic heterocycles. The maximum Gasteiger partial charge on any atom is 0.107 e. The van der Waals surface area contributed by atoms with E-state index in [0.717, 1.165) is 6.54 Å². The van der Waals surface area contributed by atoms with Crippen LogP contribution in [0.2, 0.25) is 0 Å². The highest BCUT2D eigenvalue weighted by atomic mass is 16.5. The molecule has 0 saturated heterocycles. The smallest absolute Gasteiger partial charge is 0.107 e. The lowest BCUT2D eigenvalue weighted by atomic mass is 10.2. The van der Waals surface area contributed by atoms with E-state index in [1.807, 2.05) is 6.07 Å². The average Bonchev–Trinajstić information content (AvgIpc) is 2.30. The molecule has 1 rings (SSSR count). The molecule has 2 nitrogen and oxygen atoms in total. The van der Waals surface area contributed by atoms with Crippen molar-refractivity contribution in [2.24, 2.45) is 0 Å². The van der Waals surface area contributed by atoms with E-state index in [-0.39, 0.29) is 6.04 Å². The van der Waals surface area contributed by atoms with Gasteiger partial charge in [-0.3, -0.25) is 4.90 Å². The maximum absolute atomic E-state index is 4.90. The second kappa shape index (κ2) is 7.05. The second-order valence-electron chi connectivity index (χ2n) is 3.83. The molecule has 0 spiro atoms. The van der Waals surface area contributed by atoms with Gasteiger partial charge < -0.3 is 4.74 Å². The zero-order chi connectivity index (χ0) is 11.8. The zero-order valence-electron chi connectivity index (χ0n) is 10.2. The van der Waals surface area contributed by atoms with E-state index in [9.17, 15) is 0 Å². The van der Waals surface area contributed by atoms with Crippen LogP contribution in [0.3, 0.4) is 0 Å². The second-order valence-corrected chi connectivity index (χ2v) is 3.83. The summed E-state index contributed by atoms with van der Waals surface area (Å²) in [5, 5.41) is 0. The molecule has 0 aliphatic heterocycles. The lowest BCUT2D eigenvalue weighted by Crippen LogP contribution is -2.27. The van der Waals surface area contributed by atoms with Crippen molar-refractivity contribution in [3.8, 4) is 11.8 Å². The molecule has 0 N–H and O–H groups in total. The summed E-state index contributed by atoms with van der Waals surface area (Å²) in [7, 11) is 3.74. The van der Waals surface area contributed by atoms with Crippen molar-refractivity contribution in [3.63, 3.8) is 0 Å². The Morgan fingerprint density at radius 3 is 2.62 bits per heavy atom. The first kappa shape index (κ1) is 12.8. The molecule has 0 amide bonds. The first-order chi connectivity index (χ1) is 7.74. The molecule has 0 aliphatic carbocycles. The first-order valence-electron chi connectivity index (χ1n) is 5.45. The highest BCUT2D eigenvalue weighted by Crippen LogP contribution is 2.05. The van der Waals surface area contributed by atoms with Gasteiger partial charge in [0.15, 0.2) is 0 Å². The van der Waals surface area contributed by atoms with Crippen molar-refractivity contribution in [1.29, 1.82) is 0 Å². The molecule has 0 saturated carbocycles. The number of benzene rings is 1. The quantitative estimate of drug-likeness (QED) is 0.717. The fourth-order valence-corrected chi connectivity index (χ4v) is 1.38. The molecule has 0 heterocycles. The van der Waals surface area contributed by atoms with Crippen LogP contribution >= 0.6 is 0 Å². The third-order valence-corrected chi connectivity index (χ3v) is 2.46. The van der Waals surface area contributed by atoms with Crippen LogP contribution in [0.25, 0.3) is 0 Å². The van der Waals surface area contributed by atoms with E-state index in [1.165, 1.54) is 5.56 Å². The Morgan fingerprint density at radius 1 is 1.31 bits per heavy atom. The van der Waals surface area contributed by atoms with Crippen molar-refractivity contribution >= 4 is 0 Å². The van der Waals surface area contributed by atoms with Gasteiger partial charge in [-0.15, -0.1) is 0 Å². The Hall–Kier alpha value is -1.30. The topological polar surface area (TPSA) is 12.5 Å². The summed E-state index contributed by atoms with van der Waals surface area (Å²) in [6, 6.07) is 10.7. The Kier molecular flexibility index (Phi) is 5.63. The molecule has 0 bridgehead atoms. The molecule has 0 fully saturated rings. The Bertz CT molecular complexity index is 350. The molecular weight excluding hydrogens is 198 g/mol. The van der Waals surface area contributed by atoms with Crippen LogP contribution in [-0.2, 0) is 11.3 Å². The minimum Gasteiger partial charge on any atom is -0.372 e. The van der Waals surface area contributed by atoms with E-state index in [4.69, 9.17) is 4.74 Å². The van der Waals surface area contributed by atoms with Crippen LogP contribution in [0.4, 0.5) is 0 Å². The molecule has 1 aromatic carbocycles. The molecular formula is C14H19NO. The number of nitrogens with zero attached hydrogens (tertiary/aromatic N) is 1. The summed E-state index contributed by atoms with van der Waals surface area (Å²) in [5.41, 5.74) is 1.31. The normalized spacial score (nSPS) is 12.0. The van der Waals surface area contributed by atoms with Crippen molar-refractivity contribution in [2.45, 2.75) is 19.5 Å². The lowest BCUT2D eigenvalue weighted by Gasteiger charge is -2.20. The fraction of sp³-hybridized carbons (Fsp3) is 0.429. The molecule has 1 aromatic rings. The van der Waals surface area contributed by atoms with Gasteiger partial charge in [-0.2, -0.15) is 0 Å². The summed E-state index contributed by atoms with van der Waals surface area (Å²) in [6.45, 7) is 3.53. The summed E-state index contributed by atoms with van der Waals surface area (Å²) < 4.78 is 4.90. The van der Waals surface area contributed by atoms with Crippen LogP contribution in [0.5, 0.6) is 0 Å². The van der Waals surface area contributed by atoms with E-state index in [2.05, 4.69) is 55.0 Å². The van der Waals surface area contributed by atoms with Gasteiger partial charge in [-0.25, -0.2) is 0 Å². The van der Waals surface area contributed by atoms with Crippen LogP contribution < -0.4 is 0 Å².